The van der Waals surface area contributed by atoms with Gasteiger partial charge in [-0.1, -0.05) is 34.6 Å². The molecule has 1 N–H and O–H groups in total. The van der Waals surface area contributed by atoms with Crippen molar-refractivity contribution < 1.29 is 4.79 Å². The SMILES string of the molecule is C=C(Nc1ccccc1C(C)=O)c1cc(Br)ccc1/N=C(\C)c1cnccn1. The number of hydrogen-bond donors (Lipinski definition) is 1. The van der Waals surface area contributed by atoms with Crippen LogP contribution in [0.25, 0.3) is 5.70 Å². The number of ketones is 1. The lowest BCUT2D eigenvalue weighted by Gasteiger charge is -2.15. The predicted octanol–water partition coefficient (Wildman–Crippen LogP) is 5.67. The molecule has 0 fully saturated rings. The molecule has 0 aliphatic rings. The third-order valence-corrected chi connectivity index (χ3v) is 4.59. The van der Waals surface area contributed by atoms with Crippen LogP contribution in [0.1, 0.15) is 35.5 Å². The molecule has 1 heterocycles. The Kier molecular flexibility index (Phi) is 6.11. The van der Waals surface area contributed by atoms with Gasteiger partial charge in [-0.3, -0.25) is 19.8 Å². The van der Waals surface area contributed by atoms with Crippen LogP contribution in [-0.4, -0.2) is 21.5 Å². The summed E-state index contributed by atoms with van der Waals surface area (Å²) in [5.74, 6) is -0.0121. The maximum absolute atomic E-state index is 11.9. The zero-order chi connectivity index (χ0) is 20.1. The molecule has 0 atom stereocenters. The van der Waals surface area contributed by atoms with Gasteiger partial charge in [0.1, 0.15) is 5.69 Å². The van der Waals surface area contributed by atoms with Gasteiger partial charge in [-0.25, -0.2) is 0 Å². The number of carbonyl (C=O) groups excluding carboxylic acids is 1. The fraction of sp³-hybridized carbons (Fsp3) is 0.0909. The molecule has 0 aliphatic carbocycles. The summed E-state index contributed by atoms with van der Waals surface area (Å²) in [5.41, 5.74) is 4.96. The number of aliphatic imine (C=N–C) groups is 1. The number of hydrogen-bond acceptors (Lipinski definition) is 5. The van der Waals surface area contributed by atoms with E-state index in [0.29, 0.717) is 22.6 Å². The van der Waals surface area contributed by atoms with Crippen molar-refractivity contribution in [1.29, 1.82) is 0 Å². The van der Waals surface area contributed by atoms with E-state index in [1.165, 1.54) is 0 Å². The number of nitrogens with zero attached hydrogens (tertiary/aromatic N) is 3. The van der Waals surface area contributed by atoms with Gasteiger partial charge in [0, 0.05) is 39.4 Å². The molecule has 0 saturated heterocycles. The zero-order valence-corrected chi connectivity index (χ0v) is 17.2. The summed E-state index contributed by atoms with van der Waals surface area (Å²) in [5, 5.41) is 3.26. The first kappa shape index (κ1) is 19.6. The van der Waals surface area contributed by atoms with Crippen LogP contribution in [-0.2, 0) is 0 Å². The van der Waals surface area contributed by atoms with E-state index in [2.05, 4.69) is 37.8 Å². The van der Waals surface area contributed by atoms with Crippen LogP contribution in [0.15, 0.2) is 77.1 Å². The van der Waals surface area contributed by atoms with Crippen molar-refractivity contribution in [2.75, 3.05) is 5.32 Å². The van der Waals surface area contributed by atoms with Gasteiger partial charge in [-0.2, -0.15) is 0 Å². The number of halogens is 1. The first-order valence-corrected chi connectivity index (χ1v) is 9.42. The zero-order valence-electron chi connectivity index (χ0n) is 15.6. The maximum atomic E-state index is 11.9. The highest BCUT2D eigenvalue weighted by molar-refractivity contribution is 9.10. The van der Waals surface area contributed by atoms with Gasteiger partial charge in [0.2, 0.25) is 0 Å². The summed E-state index contributed by atoms with van der Waals surface area (Å²) < 4.78 is 0.904. The second-order valence-corrected chi connectivity index (χ2v) is 7.07. The first-order valence-electron chi connectivity index (χ1n) is 8.63. The fourth-order valence-electron chi connectivity index (χ4n) is 2.70. The van der Waals surface area contributed by atoms with Crippen molar-refractivity contribution in [1.82, 2.24) is 9.97 Å². The van der Waals surface area contributed by atoms with E-state index in [1.54, 1.807) is 31.6 Å². The third kappa shape index (κ3) is 4.58. The van der Waals surface area contributed by atoms with Crippen LogP contribution in [0.5, 0.6) is 0 Å². The molecule has 6 heteroatoms. The summed E-state index contributed by atoms with van der Waals surface area (Å²) in [6, 6.07) is 13.1. The molecular weight excluding hydrogens is 416 g/mol. The van der Waals surface area contributed by atoms with Crippen LogP contribution in [0, 0.1) is 0 Å². The van der Waals surface area contributed by atoms with Gasteiger partial charge in [-0.05, 0) is 44.2 Å². The predicted molar refractivity (Wildman–Crippen MR) is 117 cm³/mol. The Hall–Kier alpha value is -3.12. The number of carbonyl (C=O) groups is 1. The summed E-state index contributed by atoms with van der Waals surface area (Å²) in [6.45, 7) is 7.59. The minimum absolute atomic E-state index is 0.0121. The Balaban J connectivity index is 1.97. The molecule has 3 rings (SSSR count). The highest BCUT2D eigenvalue weighted by Crippen LogP contribution is 2.31. The van der Waals surface area contributed by atoms with Crippen molar-refractivity contribution >= 4 is 44.5 Å². The van der Waals surface area contributed by atoms with Gasteiger partial charge in [0.25, 0.3) is 0 Å². The van der Waals surface area contributed by atoms with Gasteiger partial charge in [-0.15, -0.1) is 0 Å². The molecule has 140 valence electrons. The molecule has 1 aromatic heterocycles. The Bertz CT molecular complexity index is 1060. The topological polar surface area (TPSA) is 67.2 Å². The highest BCUT2D eigenvalue weighted by atomic mass is 79.9. The fourth-order valence-corrected chi connectivity index (χ4v) is 3.06. The van der Waals surface area contributed by atoms with Gasteiger partial charge in [0.05, 0.1) is 17.6 Å². The Morgan fingerprint density at radius 1 is 1.11 bits per heavy atom. The lowest BCUT2D eigenvalue weighted by atomic mass is 10.1. The summed E-state index contributed by atoms with van der Waals surface area (Å²) in [7, 11) is 0. The average Bonchev–Trinajstić information content (AvgIpc) is 2.70. The second-order valence-electron chi connectivity index (χ2n) is 6.15. The van der Waals surface area contributed by atoms with E-state index in [4.69, 9.17) is 4.99 Å². The van der Waals surface area contributed by atoms with E-state index < -0.39 is 0 Å². The molecule has 0 saturated carbocycles. The van der Waals surface area contributed by atoms with Gasteiger partial charge >= 0.3 is 0 Å². The number of para-hydroxylation sites is 1. The minimum Gasteiger partial charge on any atom is -0.355 e. The molecule has 0 spiro atoms. The van der Waals surface area contributed by atoms with Crippen LogP contribution >= 0.6 is 15.9 Å². The van der Waals surface area contributed by atoms with Crippen molar-refractivity contribution in [3.63, 3.8) is 0 Å². The number of nitrogens with one attached hydrogen (secondary N) is 1. The Morgan fingerprint density at radius 3 is 2.61 bits per heavy atom. The molecular formula is C22H19BrN4O. The van der Waals surface area contributed by atoms with Gasteiger partial charge in [0.15, 0.2) is 5.78 Å². The molecule has 3 aromatic rings. The number of Topliss-reactive ketones (excluding diaryl/α,β-unsaturated/α-hetero) is 1. The van der Waals surface area contributed by atoms with Crippen LogP contribution < -0.4 is 5.32 Å². The quantitative estimate of drug-likeness (QED) is 0.401. The minimum atomic E-state index is -0.0121. The Morgan fingerprint density at radius 2 is 1.89 bits per heavy atom. The lowest BCUT2D eigenvalue weighted by molar-refractivity contribution is 0.101. The average molecular weight is 435 g/mol. The van der Waals surface area contributed by atoms with Crippen LogP contribution in [0.4, 0.5) is 11.4 Å². The standard InChI is InChI=1S/C22H19BrN4O/c1-14(26-20-7-5-4-6-18(20)16(3)28)19-12-17(23)8-9-21(19)27-15(2)22-13-24-10-11-25-22/h4-13,26H,1H2,2-3H3/b27-15+. The van der Waals surface area contributed by atoms with Crippen molar-refractivity contribution in [3.8, 4) is 0 Å². The summed E-state index contributed by atoms with van der Waals surface area (Å²) >= 11 is 3.51. The lowest BCUT2D eigenvalue weighted by Crippen LogP contribution is -2.04. The second kappa shape index (κ2) is 8.71. The summed E-state index contributed by atoms with van der Waals surface area (Å²) in [4.78, 5) is 25.0. The largest absolute Gasteiger partial charge is 0.355 e. The molecule has 0 radical (unpaired) electrons. The number of aromatic nitrogens is 2. The highest BCUT2D eigenvalue weighted by Gasteiger charge is 2.12. The number of benzene rings is 2. The number of rotatable bonds is 6. The first-order chi connectivity index (χ1) is 13.5. The number of anilines is 1. The molecule has 0 aliphatic heterocycles. The van der Waals surface area contributed by atoms with Crippen molar-refractivity contribution in [2.45, 2.75) is 13.8 Å². The molecule has 28 heavy (non-hydrogen) atoms. The van der Waals surface area contributed by atoms with Crippen molar-refractivity contribution in [3.05, 3.63) is 88.9 Å². The monoisotopic (exact) mass is 434 g/mol. The molecule has 2 aromatic carbocycles. The van der Waals surface area contributed by atoms with E-state index >= 15 is 0 Å². The van der Waals surface area contributed by atoms with E-state index in [-0.39, 0.29) is 5.78 Å². The Labute approximate surface area is 172 Å². The van der Waals surface area contributed by atoms with Crippen LogP contribution in [0.2, 0.25) is 0 Å². The molecule has 0 unspecified atom stereocenters. The van der Waals surface area contributed by atoms with Crippen molar-refractivity contribution in [2.24, 2.45) is 4.99 Å². The van der Waals surface area contributed by atoms with E-state index in [9.17, 15) is 4.79 Å². The van der Waals surface area contributed by atoms with E-state index in [0.717, 1.165) is 21.4 Å². The normalized spacial score (nSPS) is 11.2. The molecule has 0 amide bonds. The molecule has 0 bridgehead atoms. The van der Waals surface area contributed by atoms with E-state index in [1.807, 2.05) is 43.3 Å². The smallest absolute Gasteiger partial charge is 0.161 e. The third-order valence-electron chi connectivity index (χ3n) is 4.10. The van der Waals surface area contributed by atoms with Gasteiger partial charge < -0.3 is 5.32 Å². The maximum Gasteiger partial charge on any atom is 0.161 e. The van der Waals surface area contributed by atoms with Crippen LogP contribution in [0.3, 0.4) is 0 Å². The molecule has 5 nitrogen and oxygen atoms in total. The summed E-state index contributed by atoms with van der Waals surface area (Å²) in [6.07, 6.45) is 4.93.